The number of esters is 2. The van der Waals surface area contributed by atoms with Crippen LogP contribution in [0.15, 0.2) is 0 Å². The van der Waals surface area contributed by atoms with E-state index in [-0.39, 0.29) is 13.2 Å². The highest BCUT2D eigenvalue weighted by atomic mass is 79.9. The molecular weight excluding hydrogens is 407 g/mol. The molecule has 0 aromatic rings. The van der Waals surface area contributed by atoms with Crippen LogP contribution in [0.5, 0.6) is 0 Å². The molecule has 0 rings (SSSR count). The third-order valence-corrected chi connectivity index (χ3v) is 4.22. The van der Waals surface area contributed by atoms with Crippen LogP contribution in [-0.2, 0) is 19.1 Å². The third-order valence-electron chi connectivity index (χ3n) is 3.44. The molecule has 142 valence electrons. The fourth-order valence-corrected chi connectivity index (χ4v) is 2.66. The minimum atomic E-state index is -5.69. The van der Waals surface area contributed by atoms with Crippen molar-refractivity contribution in [2.45, 2.75) is 57.0 Å². The Morgan fingerprint density at radius 3 is 1.67 bits per heavy atom. The van der Waals surface area contributed by atoms with Gasteiger partial charge in [-0.3, -0.25) is 9.59 Å². The molecule has 0 aliphatic heterocycles. The normalized spacial score (nSPS) is 14.2. The van der Waals surface area contributed by atoms with Gasteiger partial charge in [0.05, 0.1) is 13.2 Å². The molecule has 0 bridgehead atoms. The van der Waals surface area contributed by atoms with E-state index in [1.807, 2.05) is 0 Å². The van der Waals surface area contributed by atoms with Crippen LogP contribution in [0.4, 0.5) is 22.0 Å². The second kappa shape index (κ2) is 8.96. The Balaban J connectivity index is 5.41. The van der Waals surface area contributed by atoms with Crippen molar-refractivity contribution in [3.8, 4) is 0 Å². The van der Waals surface area contributed by atoms with E-state index in [4.69, 9.17) is 9.47 Å². The molecule has 1 unspecified atom stereocenters. The van der Waals surface area contributed by atoms with Crippen LogP contribution >= 0.6 is 15.9 Å². The van der Waals surface area contributed by atoms with E-state index < -0.39 is 53.5 Å². The van der Waals surface area contributed by atoms with Crippen LogP contribution in [0.1, 0.15) is 40.0 Å². The van der Waals surface area contributed by atoms with Gasteiger partial charge in [-0.05, 0) is 26.7 Å². The molecule has 4 nitrogen and oxygen atoms in total. The number of carbonyl (C=O) groups is 2. The molecule has 0 heterocycles. The first-order chi connectivity index (χ1) is 10.9. The van der Waals surface area contributed by atoms with Gasteiger partial charge in [-0.25, -0.2) is 0 Å². The zero-order valence-electron chi connectivity index (χ0n) is 13.5. The van der Waals surface area contributed by atoms with Gasteiger partial charge in [0, 0.05) is 11.2 Å². The molecule has 10 heteroatoms. The van der Waals surface area contributed by atoms with Crippen LogP contribution in [0, 0.1) is 5.41 Å². The van der Waals surface area contributed by atoms with Crippen molar-refractivity contribution in [1.29, 1.82) is 0 Å². The summed E-state index contributed by atoms with van der Waals surface area (Å²) in [5.41, 5.74) is -1.99. The van der Waals surface area contributed by atoms with E-state index in [0.29, 0.717) is 0 Å². The first kappa shape index (κ1) is 23.1. The van der Waals surface area contributed by atoms with Crippen LogP contribution in [0.25, 0.3) is 0 Å². The summed E-state index contributed by atoms with van der Waals surface area (Å²) < 4.78 is 72.4. The highest BCUT2D eigenvalue weighted by molar-refractivity contribution is 9.09. The van der Waals surface area contributed by atoms with Gasteiger partial charge < -0.3 is 9.47 Å². The quantitative estimate of drug-likeness (QED) is 0.239. The first-order valence-electron chi connectivity index (χ1n) is 7.29. The third kappa shape index (κ3) is 5.29. The van der Waals surface area contributed by atoms with Gasteiger partial charge in [0.2, 0.25) is 0 Å². The van der Waals surface area contributed by atoms with Crippen molar-refractivity contribution >= 4 is 27.9 Å². The molecular formula is C14H20BrF5O4. The Hall–Kier alpha value is -0.930. The summed E-state index contributed by atoms with van der Waals surface area (Å²) in [7, 11) is 0. The van der Waals surface area contributed by atoms with E-state index in [1.54, 1.807) is 0 Å². The second-order valence-electron chi connectivity index (χ2n) is 5.08. The molecule has 0 saturated heterocycles. The summed E-state index contributed by atoms with van der Waals surface area (Å²) in [5, 5.41) is 0. The van der Waals surface area contributed by atoms with Crippen molar-refractivity contribution in [1.82, 2.24) is 0 Å². The Morgan fingerprint density at radius 2 is 1.38 bits per heavy atom. The summed E-state index contributed by atoms with van der Waals surface area (Å²) in [6, 6.07) is 0. The van der Waals surface area contributed by atoms with E-state index >= 15 is 0 Å². The number of alkyl halides is 6. The Labute approximate surface area is 145 Å². The highest BCUT2D eigenvalue weighted by Crippen LogP contribution is 2.42. The largest absolute Gasteiger partial charge is 0.465 e. The van der Waals surface area contributed by atoms with Crippen molar-refractivity contribution in [3.05, 3.63) is 0 Å². The molecule has 0 aromatic carbocycles. The molecule has 0 aliphatic rings. The molecule has 0 aromatic heterocycles. The summed E-state index contributed by atoms with van der Waals surface area (Å²) in [6.07, 6.45) is -8.52. The minimum Gasteiger partial charge on any atom is -0.465 e. The Bertz CT molecular complexity index is 419. The molecule has 1 atom stereocenters. The zero-order valence-corrected chi connectivity index (χ0v) is 15.1. The SMILES string of the molecule is CCOC(=O)C(CCCC(F)(F)C(F)(F)F)(C(=O)OCC)C(C)Br. The Morgan fingerprint density at radius 1 is 0.958 bits per heavy atom. The molecule has 0 fully saturated rings. The van der Waals surface area contributed by atoms with Crippen molar-refractivity contribution < 1.29 is 41.0 Å². The highest BCUT2D eigenvalue weighted by Gasteiger charge is 2.58. The summed E-state index contributed by atoms with van der Waals surface area (Å²) in [6.45, 7) is 4.18. The second-order valence-corrected chi connectivity index (χ2v) is 6.46. The van der Waals surface area contributed by atoms with Crippen molar-refractivity contribution in [2.75, 3.05) is 13.2 Å². The maximum atomic E-state index is 13.0. The lowest BCUT2D eigenvalue weighted by Gasteiger charge is -2.32. The fourth-order valence-electron chi connectivity index (χ4n) is 2.06. The molecule has 0 saturated carbocycles. The van der Waals surface area contributed by atoms with E-state index in [9.17, 15) is 31.5 Å². The summed E-state index contributed by atoms with van der Waals surface area (Å²) in [5.74, 6) is -6.95. The van der Waals surface area contributed by atoms with Crippen LogP contribution < -0.4 is 0 Å². The molecule has 0 N–H and O–H groups in total. The lowest BCUT2D eigenvalue weighted by molar-refractivity contribution is -0.284. The number of ether oxygens (including phenoxy) is 2. The molecule has 0 amide bonds. The topological polar surface area (TPSA) is 52.6 Å². The summed E-state index contributed by atoms with van der Waals surface area (Å²) >= 11 is 3.05. The molecule has 0 radical (unpaired) electrons. The van der Waals surface area contributed by atoms with Crippen molar-refractivity contribution in [2.24, 2.45) is 5.41 Å². The molecule has 24 heavy (non-hydrogen) atoms. The number of hydrogen-bond acceptors (Lipinski definition) is 4. The predicted octanol–water partition coefficient (Wildman–Crippen LogP) is 4.25. The van der Waals surface area contributed by atoms with Gasteiger partial charge in [-0.2, -0.15) is 22.0 Å². The monoisotopic (exact) mass is 426 g/mol. The average molecular weight is 427 g/mol. The van der Waals surface area contributed by atoms with Crippen LogP contribution in [0.3, 0.4) is 0 Å². The fraction of sp³-hybridized carbons (Fsp3) is 0.857. The van der Waals surface area contributed by atoms with E-state index in [0.717, 1.165) is 0 Å². The van der Waals surface area contributed by atoms with Gasteiger partial charge >= 0.3 is 24.0 Å². The number of rotatable bonds is 9. The minimum absolute atomic E-state index is 0.0849. The number of hydrogen-bond donors (Lipinski definition) is 0. The van der Waals surface area contributed by atoms with Gasteiger partial charge in [-0.15, -0.1) is 0 Å². The van der Waals surface area contributed by atoms with Crippen LogP contribution in [0.2, 0.25) is 0 Å². The van der Waals surface area contributed by atoms with Gasteiger partial charge in [0.25, 0.3) is 0 Å². The maximum Gasteiger partial charge on any atom is 0.453 e. The standard InChI is InChI=1S/C14H20BrF5O4/c1-4-23-10(21)12(9(3)15,11(22)24-5-2)7-6-8-13(16,17)14(18,19)20/h9H,4-8H2,1-3H3. The van der Waals surface area contributed by atoms with Crippen LogP contribution in [-0.4, -0.2) is 42.1 Å². The molecule has 0 aliphatic carbocycles. The Kier molecular flexibility index (Phi) is 8.61. The average Bonchev–Trinajstić information content (AvgIpc) is 2.42. The lowest BCUT2D eigenvalue weighted by atomic mass is 9.79. The first-order valence-corrected chi connectivity index (χ1v) is 8.21. The number of carbonyl (C=O) groups excluding carboxylic acids is 2. The predicted molar refractivity (Wildman–Crippen MR) is 78.9 cm³/mol. The number of halogens is 6. The van der Waals surface area contributed by atoms with Gasteiger partial charge in [0.1, 0.15) is 0 Å². The zero-order chi connectivity index (χ0) is 19.2. The maximum absolute atomic E-state index is 13.0. The molecule has 0 spiro atoms. The van der Waals surface area contributed by atoms with Gasteiger partial charge in [-0.1, -0.05) is 22.9 Å². The summed E-state index contributed by atoms with van der Waals surface area (Å²) in [4.78, 5) is 23.5. The smallest absolute Gasteiger partial charge is 0.453 e. The van der Waals surface area contributed by atoms with Crippen molar-refractivity contribution in [3.63, 3.8) is 0 Å². The van der Waals surface area contributed by atoms with E-state index in [1.165, 1.54) is 20.8 Å². The lowest BCUT2D eigenvalue weighted by Crippen LogP contribution is -2.48. The van der Waals surface area contributed by atoms with Gasteiger partial charge in [0.15, 0.2) is 5.41 Å². The van der Waals surface area contributed by atoms with E-state index in [2.05, 4.69) is 15.9 Å².